The first kappa shape index (κ1) is 11.2. The first-order valence-electron chi connectivity index (χ1n) is 4.29. The van der Waals surface area contributed by atoms with Gasteiger partial charge in [0, 0.05) is 5.57 Å². The molecule has 0 aliphatic heterocycles. The SMILES string of the molecule is CC=C(CC)C(=O)OC(C)(C)C. The van der Waals surface area contributed by atoms with Crippen LogP contribution in [0.2, 0.25) is 0 Å². The van der Waals surface area contributed by atoms with Crippen LogP contribution in [0, 0.1) is 0 Å². The molecule has 2 nitrogen and oxygen atoms in total. The van der Waals surface area contributed by atoms with E-state index in [0.29, 0.717) is 0 Å². The smallest absolute Gasteiger partial charge is 0.334 e. The topological polar surface area (TPSA) is 26.3 Å². The average molecular weight is 170 g/mol. The van der Waals surface area contributed by atoms with Gasteiger partial charge in [-0.15, -0.1) is 0 Å². The van der Waals surface area contributed by atoms with Gasteiger partial charge in [0.15, 0.2) is 0 Å². The highest BCUT2D eigenvalue weighted by atomic mass is 16.6. The van der Waals surface area contributed by atoms with Crippen molar-refractivity contribution >= 4 is 5.97 Å². The molecule has 0 aromatic heterocycles. The number of carbonyl (C=O) groups excluding carboxylic acids is 1. The molecule has 0 atom stereocenters. The molecule has 70 valence electrons. The first-order chi connectivity index (χ1) is 5.40. The third-order valence-electron chi connectivity index (χ3n) is 1.39. The number of hydrogen-bond acceptors (Lipinski definition) is 2. The summed E-state index contributed by atoms with van der Waals surface area (Å²) in [5.41, 5.74) is 0.352. The summed E-state index contributed by atoms with van der Waals surface area (Å²) in [5, 5.41) is 0. The van der Waals surface area contributed by atoms with E-state index in [2.05, 4.69) is 0 Å². The van der Waals surface area contributed by atoms with Crippen LogP contribution in [0.15, 0.2) is 11.6 Å². The lowest BCUT2D eigenvalue weighted by molar-refractivity contribution is -0.150. The van der Waals surface area contributed by atoms with E-state index in [1.165, 1.54) is 0 Å². The number of carbonyl (C=O) groups is 1. The summed E-state index contributed by atoms with van der Waals surface area (Å²) in [6, 6.07) is 0. The molecule has 0 radical (unpaired) electrons. The van der Waals surface area contributed by atoms with E-state index in [1.54, 1.807) is 6.08 Å². The van der Waals surface area contributed by atoms with Gasteiger partial charge in [0.25, 0.3) is 0 Å². The molecule has 0 rings (SSSR count). The van der Waals surface area contributed by atoms with E-state index >= 15 is 0 Å². The molecule has 0 unspecified atom stereocenters. The Morgan fingerprint density at radius 3 is 2.17 bits per heavy atom. The quantitative estimate of drug-likeness (QED) is 0.470. The Labute approximate surface area is 74.6 Å². The van der Waals surface area contributed by atoms with Gasteiger partial charge in [-0.2, -0.15) is 0 Å². The predicted octanol–water partition coefficient (Wildman–Crippen LogP) is 2.68. The number of allylic oxidation sites excluding steroid dienone is 1. The second kappa shape index (κ2) is 4.29. The fraction of sp³-hybridized carbons (Fsp3) is 0.700. The number of ether oxygens (including phenoxy) is 1. The van der Waals surface area contributed by atoms with Crippen LogP contribution in [0.5, 0.6) is 0 Å². The molecule has 0 aromatic carbocycles. The fourth-order valence-electron chi connectivity index (χ4n) is 0.810. The van der Waals surface area contributed by atoms with E-state index in [0.717, 1.165) is 12.0 Å². The molecule has 0 aliphatic carbocycles. The lowest BCUT2D eigenvalue weighted by Crippen LogP contribution is -2.24. The third-order valence-corrected chi connectivity index (χ3v) is 1.39. The summed E-state index contributed by atoms with van der Waals surface area (Å²) < 4.78 is 5.17. The monoisotopic (exact) mass is 170 g/mol. The number of hydrogen-bond donors (Lipinski definition) is 0. The minimum atomic E-state index is -0.388. The highest BCUT2D eigenvalue weighted by Crippen LogP contribution is 2.12. The van der Waals surface area contributed by atoms with Crippen molar-refractivity contribution < 1.29 is 9.53 Å². The molecule has 0 spiro atoms. The fourth-order valence-corrected chi connectivity index (χ4v) is 0.810. The highest BCUT2D eigenvalue weighted by molar-refractivity contribution is 5.88. The Kier molecular flexibility index (Phi) is 4.01. The van der Waals surface area contributed by atoms with Gasteiger partial charge in [-0.05, 0) is 34.1 Å². The molecule has 0 fully saturated rings. The van der Waals surface area contributed by atoms with Crippen LogP contribution in [0.4, 0.5) is 0 Å². The van der Waals surface area contributed by atoms with E-state index in [1.807, 2.05) is 34.6 Å². The summed E-state index contributed by atoms with van der Waals surface area (Å²) in [6.45, 7) is 9.40. The molecule has 0 amide bonds. The highest BCUT2D eigenvalue weighted by Gasteiger charge is 2.17. The van der Waals surface area contributed by atoms with Crippen molar-refractivity contribution in [3.63, 3.8) is 0 Å². The van der Waals surface area contributed by atoms with Crippen molar-refractivity contribution in [2.24, 2.45) is 0 Å². The minimum absolute atomic E-state index is 0.201. The molecule has 0 saturated heterocycles. The molecule has 0 N–H and O–H groups in total. The van der Waals surface area contributed by atoms with Crippen LogP contribution >= 0.6 is 0 Å². The van der Waals surface area contributed by atoms with Gasteiger partial charge in [0.05, 0.1) is 0 Å². The van der Waals surface area contributed by atoms with E-state index in [4.69, 9.17) is 4.74 Å². The summed E-state index contributed by atoms with van der Waals surface area (Å²) in [4.78, 5) is 11.3. The van der Waals surface area contributed by atoms with Crippen LogP contribution in [0.25, 0.3) is 0 Å². The zero-order valence-electron chi connectivity index (χ0n) is 8.60. The van der Waals surface area contributed by atoms with E-state index < -0.39 is 0 Å². The van der Waals surface area contributed by atoms with Gasteiger partial charge in [-0.3, -0.25) is 0 Å². The van der Waals surface area contributed by atoms with Crippen molar-refractivity contribution in [3.8, 4) is 0 Å². The zero-order valence-corrected chi connectivity index (χ0v) is 8.60. The molecular formula is C10H18O2. The summed E-state index contributed by atoms with van der Waals surface area (Å²) >= 11 is 0. The van der Waals surface area contributed by atoms with Crippen LogP contribution in [0.3, 0.4) is 0 Å². The van der Waals surface area contributed by atoms with Gasteiger partial charge in [0.2, 0.25) is 0 Å². The summed E-state index contributed by atoms with van der Waals surface area (Å²) in [5.74, 6) is -0.201. The third kappa shape index (κ3) is 4.16. The Morgan fingerprint density at radius 1 is 1.42 bits per heavy atom. The van der Waals surface area contributed by atoms with Crippen LogP contribution < -0.4 is 0 Å². The lowest BCUT2D eigenvalue weighted by Gasteiger charge is -2.20. The number of esters is 1. The summed E-state index contributed by atoms with van der Waals surface area (Å²) in [7, 11) is 0. The molecule has 0 aromatic rings. The normalized spacial score (nSPS) is 12.9. The van der Waals surface area contributed by atoms with Gasteiger partial charge in [0.1, 0.15) is 5.60 Å². The van der Waals surface area contributed by atoms with Gasteiger partial charge in [-0.1, -0.05) is 13.0 Å². The van der Waals surface area contributed by atoms with Crippen LogP contribution in [-0.4, -0.2) is 11.6 Å². The maximum absolute atomic E-state index is 11.3. The lowest BCUT2D eigenvalue weighted by atomic mass is 10.1. The molecule has 0 aliphatic rings. The van der Waals surface area contributed by atoms with Crippen molar-refractivity contribution in [3.05, 3.63) is 11.6 Å². The molecule has 0 heterocycles. The van der Waals surface area contributed by atoms with Crippen molar-refractivity contribution in [1.29, 1.82) is 0 Å². The largest absolute Gasteiger partial charge is 0.457 e. The Balaban J connectivity index is 4.23. The van der Waals surface area contributed by atoms with Gasteiger partial charge >= 0.3 is 5.97 Å². The average Bonchev–Trinajstić information content (AvgIpc) is 1.85. The second-order valence-electron chi connectivity index (χ2n) is 3.67. The van der Waals surface area contributed by atoms with Gasteiger partial charge < -0.3 is 4.74 Å². The Bertz CT molecular complexity index is 185. The summed E-state index contributed by atoms with van der Waals surface area (Å²) in [6.07, 6.45) is 2.53. The standard InChI is InChI=1S/C10H18O2/c1-6-8(7-2)9(11)12-10(3,4)5/h6H,7H2,1-5H3. The predicted molar refractivity (Wildman–Crippen MR) is 49.9 cm³/mol. The Hall–Kier alpha value is -0.790. The van der Waals surface area contributed by atoms with E-state index in [-0.39, 0.29) is 11.6 Å². The van der Waals surface area contributed by atoms with Crippen LogP contribution in [0.1, 0.15) is 41.0 Å². The maximum Gasteiger partial charge on any atom is 0.334 e. The zero-order chi connectivity index (χ0) is 9.78. The minimum Gasteiger partial charge on any atom is -0.457 e. The van der Waals surface area contributed by atoms with E-state index in [9.17, 15) is 4.79 Å². The molecule has 0 bridgehead atoms. The van der Waals surface area contributed by atoms with Crippen molar-refractivity contribution in [1.82, 2.24) is 0 Å². The molecular weight excluding hydrogens is 152 g/mol. The van der Waals surface area contributed by atoms with Gasteiger partial charge in [-0.25, -0.2) is 4.79 Å². The number of rotatable bonds is 2. The molecule has 12 heavy (non-hydrogen) atoms. The molecule has 2 heteroatoms. The van der Waals surface area contributed by atoms with Crippen molar-refractivity contribution in [2.75, 3.05) is 0 Å². The maximum atomic E-state index is 11.3. The Morgan fingerprint density at radius 2 is 1.92 bits per heavy atom. The first-order valence-corrected chi connectivity index (χ1v) is 4.29. The van der Waals surface area contributed by atoms with Crippen LogP contribution in [-0.2, 0) is 9.53 Å². The van der Waals surface area contributed by atoms with Crippen molar-refractivity contribution in [2.45, 2.75) is 46.6 Å². The molecule has 0 saturated carbocycles. The second-order valence-corrected chi connectivity index (χ2v) is 3.67.